The minimum Gasteiger partial charge on any atom is -0.330 e. The summed E-state index contributed by atoms with van der Waals surface area (Å²) in [4.78, 5) is 6.83. The number of nitrogens with zero attached hydrogens (tertiary/aromatic N) is 4. The van der Waals surface area contributed by atoms with E-state index in [1.807, 2.05) is 18.6 Å². The molecule has 1 saturated carbocycles. The minimum absolute atomic E-state index is 0.219. The first kappa shape index (κ1) is 16.7. The van der Waals surface area contributed by atoms with Gasteiger partial charge >= 0.3 is 0 Å². The Bertz CT molecular complexity index is 938. The Kier molecular flexibility index (Phi) is 4.28. The van der Waals surface area contributed by atoms with Gasteiger partial charge in [-0.05, 0) is 25.0 Å². The summed E-state index contributed by atoms with van der Waals surface area (Å²) in [6.07, 6.45) is 10.0. The van der Waals surface area contributed by atoms with E-state index in [-0.39, 0.29) is 5.82 Å². The van der Waals surface area contributed by atoms with E-state index >= 15 is 0 Å². The van der Waals surface area contributed by atoms with E-state index in [4.69, 9.17) is 0 Å². The number of fused-ring (bicyclic) bond motifs is 1. The lowest BCUT2D eigenvalue weighted by Crippen LogP contribution is -2.31. The first-order valence-corrected chi connectivity index (χ1v) is 9.83. The van der Waals surface area contributed by atoms with Crippen molar-refractivity contribution in [3.05, 3.63) is 59.6 Å². The summed E-state index contributed by atoms with van der Waals surface area (Å²) in [5, 5.41) is 7.56. The van der Waals surface area contributed by atoms with Crippen LogP contribution in [-0.4, -0.2) is 31.2 Å². The highest BCUT2D eigenvalue weighted by Crippen LogP contribution is 2.32. The fourth-order valence-electron chi connectivity index (χ4n) is 4.56. The Hall–Kier alpha value is -2.47. The zero-order valence-corrected chi connectivity index (χ0v) is 15.4. The Balaban J connectivity index is 1.38. The van der Waals surface area contributed by atoms with Crippen molar-refractivity contribution in [2.45, 2.75) is 51.2 Å². The number of H-pyrrole nitrogens is 1. The molecule has 0 amide bonds. The lowest BCUT2D eigenvalue weighted by Gasteiger charge is -2.28. The van der Waals surface area contributed by atoms with Crippen molar-refractivity contribution in [1.29, 1.82) is 0 Å². The third-order valence-corrected chi connectivity index (χ3v) is 5.99. The van der Waals surface area contributed by atoms with E-state index in [0.717, 1.165) is 43.0 Å². The van der Waals surface area contributed by atoms with Crippen molar-refractivity contribution in [3.63, 3.8) is 0 Å². The number of hydrogen-bond donors (Lipinski definition) is 1. The van der Waals surface area contributed by atoms with Gasteiger partial charge in [0, 0.05) is 55.1 Å². The van der Waals surface area contributed by atoms with Crippen LogP contribution in [0, 0.1) is 5.82 Å². The average Bonchev–Trinajstić information content (AvgIpc) is 3.42. The second kappa shape index (κ2) is 6.93. The van der Waals surface area contributed by atoms with Gasteiger partial charge in [0.15, 0.2) is 0 Å². The molecule has 2 aromatic heterocycles. The lowest BCUT2D eigenvalue weighted by molar-refractivity contribution is 0.236. The van der Waals surface area contributed by atoms with Crippen molar-refractivity contribution in [3.8, 4) is 11.3 Å². The van der Waals surface area contributed by atoms with E-state index in [1.54, 1.807) is 12.1 Å². The summed E-state index contributed by atoms with van der Waals surface area (Å²) in [6.45, 7) is 2.63. The normalized spacial score (nSPS) is 18.1. The van der Waals surface area contributed by atoms with Gasteiger partial charge in [-0.25, -0.2) is 9.37 Å². The average molecular weight is 365 g/mol. The minimum atomic E-state index is -0.219. The maximum absolute atomic E-state index is 14.3. The molecule has 0 unspecified atom stereocenters. The first-order valence-electron chi connectivity index (χ1n) is 9.83. The molecule has 1 N–H and O–H groups in total. The van der Waals surface area contributed by atoms with E-state index in [0.29, 0.717) is 11.6 Å². The fraction of sp³-hybridized carbons (Fsp3) is 0.429. The Morgan fingerprint density at radius 1 is 1.19 bits per heavy atom. The van der Waals surface area contributed by atoms with Crippen LogP contribution in [0.2, 0.25) is 0 Å². The molecule has 3 heterocycles. The van der Waals surface area contributed by atoms with Gasteiger partial charge < -0.3 is 4.57 Å². The van der Waals surface area contributed by atoms with Gasteiger partial charge in [0.1, 0.15) is 5.82 Å². The fourth-order valence-corrected chi connectivity index (χ4v) is 4.56. The highest BCUT2D eigenvalue weighted by Gasteiger charge is 2.26. The summed E-state index contributed by atoms with van der Waals surface area (Å²) in [5.41, 5.74) is 4.86. The van der Waals surface area contributed by atoms with E-state index in [2.05, 4.69) is 24.6 Å². The highest BCUT2D eigenvalue weighted by atomic mass is 19.1. The Labute approximate surface area is 158 Å². The van der Waals surface area contributed by atoms with Crippen molar-refractivity contribution in [2.75, 3.05) is 6.54 Å². The number of rotatable bonds is 4. The van der Waals surface area contributed by atoms with Gasteiger partial charge in [-0.2, -0.15) is 5.10 Å². The standard InChI is InChI=1S/C21H24FN5/c22-19-8-4-3-7-17(19)21-18-13-26(10-9-20(18)24-25-21)12-16-11-23-14-27(16)15-5-1-2-6-15/h3-4,7-8,11,14-15H,1-2,5-6,9-10,12-13H2,(H,24,25). The molecule has 0 bridgehead atoms. The van der Waals surface area contributed by atoms with Gasteiger partial charge in [0.05, 0.1) is 17.7 Å². The molecule has 5 nitrogen and oxygen atoms in total. The number of hydrogen-bond acceptors (Lipinski definition) is 3. The molecule has 1 aliphatic carbocycles. The first-order chi connectivity index (χ1) is 13.3. The molecular formula is C21H24FN5. The molecule has 0 atom stereocenters. The van der Waals surface area contributed by atoms with Crippen molar-refractivity contribution < 1.29 is 4.39 Å². The molecule has 1 fully saturated rings. The summed E-state index contributed by atoms with van der Waals surface area (Å²) in [7, 11) is 0. The molecule has 0 saturated heterocycles. The largest absolute Gasteiger partial charge is 0.330 e. The molecule has 3 aromatic rings. The van der Waals surface area contributed by atoms with Crippen LogP contribution in [0.1, 0.15) is 48.7 Å². The molecular weight excluding hydrogens is 341 g/mol. The van der Waals surface area contributed by atoms with E-state index in [1.165, 1.54) is 37.4 Å². The lowest BCUT2D eigenvalue weighted by atomic mass is 10.0. The van der Waals surface area contributed by atoms with Gasteiger partial charge in [-0.3, -0.25) is 10.00 Å². The summed E-state index contributed by atoms with van der Waals surface area (Å²) in [5.74, 6) is -0.219. The van der Waals surface area contributed by atoms with E-state index in [9.17, 15) is 4.39 Å². The molecule has 1 aliphatic heterocycles. The number of benzene rings is 1. The SMILES string of the molecule is Fc1ccccc1-c1n[nH]c2c1CN(Cc1cncn1C1CCCC1)CC2. The third-order valence-electron chi connectivity index (χ3n) is 5.99. The van der Waals surface area contributed by atoms with Crippen molar-refractivity contribution in [1.82, 2.24) is 24.6 Å². The summed E-state index contributed by atoms with van der Waals surface area (Å²) >= 11 is 0. The predicted octanol–water partition coefficient (Wildman–Crippen LogP) is 4.09. The second-order valence-corrected chi connectivity index (χ2v) is 7.70. The predicted molar refractivity (Wildman–Crippen MR) is 102 cm³/mol. The van der Waals surface area contributed by atoms with Gasteiger partial charge in [0.25, 0.3) is 0 Å². The number of aromatic amines is 1. The van der Waals surface area contributed by atoms with Crippen molar-refractivity contribution in [2.24, 2.45) is 0 Å². The number of halogens is 1. The van der Waals surface area contributed by atoms with Crippen LogP contribution in [0.15, 0.2) is 36.8 Å². The molecule has 5 rings (SSSR count). The van der Waals surface area contributed by atoms with Crippen LogP contribution in [0.3, 0.4) is 0 Å². The van der Waals surface area contributed by atoms with Gasteiger partial charge in [-0.15, -0.1) is 0 Å². The zero-order chi connectivity index (χ0) is 18.2. The highest BCUT2D eigenvalue weighted by molar-refractivity contribution is 5.64. The zero-order valence-electron chi connectivity index (χ0n) is 15.4. The van der Waals surface area contributed by atoms with E-state index < -0.39 is 0 Å². The summed E-state index contributed by atoms with van der Waals surface area (Å²) in [6, 6.07) is 7.48. The molecule has 27 heavy (non-hydrogen) atoms. The maximum Gasteiger partial charge on any atom is 0.132 e. The summed E-state index contributed by atoms with van der Waals surface area (Å²) < 4.78 is 16.6. The van der Waals surface area contributed by atoms with Crippen LogP contribution < -0.4 is 0 Å². The molecule has 140 valence electrons. The van der Waals surface area contributed by atoms with Crippen LogP contribution in [0.5, 0.6) is 0 Å². The third kappa shape index (κ3) is 3.08. The molecule has 6 heteroatoms. The van der Waals surface area contributed by atoms with Crippen LogP contribution >= 0.6 is 0 Å². The molecule has 0 radical (unpaired) electrons. The number of aromatic nitrogens is 4. The molecule has 2 aliphatic rings. The van der Waals surface area contributed by atoms with Crippen molar-refractivity contribution >= 4 is 0 Å². The molecule has 0 spiro atoms. The smallest absolute Gasteiger partial charge is 0.132 e. The Morgan fingerprint density at radius 3 is 2.89 bits per heavy atom. The second-order valence-electron chi connectivity index (χ2n) is 7.70. The number of imidazole rings is 1. The number of nitrogens with one attached hydrogen (secondary N) is 1. The quantitative estimate of drug-likeness (QED) is 0.758. The van der Waals surface area contributed by atoms with Crippen LogP contribution in [0.25, 0.3) is 11.3 Å². The monoisotopic (exact) mass is 365 g/mol. The topological polar surface area (TPSA) is 49.7 Å². The van der Waals surface area contributed by atoms with Gasteiger partial charge in [0.2, 0.25) is 0 Å². The van der Waals surface area contributed by atoms with Gasteiger partial charge in [-0.1, -0.05) is 25.0 Å². The molecule has 1 aromatic carbocycles. The maximum atomic E-state index is 14.3. The van der Waals surface area contributed by atoms with Crippen LogP contribution in [0.4, 0.5) is 4.39 Å². The van der Waals surface area contributed by atoms with Crippen LogP contribution in [-0.2, 0) is 19.5 Å². The Morgan fingerprint density at radius 2 is 2.04 bits per heavy atom.